The van der Waals surface area contributed by atoms with Crippen LogP contribution in [0.1, 0.15) is 28.8 Å². The fourth-order valence-corrected chi connectivity index (χ4v) is 5.55. The third kappa shape index (κ3) is 8.57. The SMILES string of the molecule is C=CCOC(=O)Nc1cc(CNc2cc(N3CCOCC3)cc(CSc3nnc(CC)s3)n2)cc(C(F)(F)F)c1. The highest BCUT2D eigenvalue weighted by Gasteiger charge is 2.31. The predicted octanol–water partition coefficient (Wildman–Crippen LogP) is 5.99. The third-order valence-electron chi connectivity index (χ3n) is 5.71. The summed E-state index contributed by atoms with van der Waals surface area (Å²) in [6.07, 6.45) is -3.29. The third-order valence-corrected chi connectivity index (χ3v) is 7.94. The van der Waals surface area contributed by atoms with Crippen LogP contribution in [0.15, 0.2) is 47.3 Å². The van der Waals surface area contributed by atoms with Crippen LogP contribution < -0.4 is 15.5 Å². The molecule has 0 radical (unpaired) electrons. The number of hydrogen-bond donors (Lipinski definition) is 2. The summed E-state index contributed by atoms with van der Waals surface area (Å²) in [5.74, 6) is 1.07. The lowest BCUT2D eigenvalue weighted by Gasteiger charge is -2.29. The van der Waals surface area contributed by atoms with Crippen molar-refractivity contribution in [3.05, 3.63) is 64.8 Å². The van der Waals surface area contributed by atoms with Crippen molar-refractivity contribution in [2.75, 3.05) is 48.4 Å². The molecule has 3 heterocycles. The number of carbonyl (C=O) groups is 1. The van der Waals surface area contributed by atoms with E-state index >= 15 is 0 Å². The lowest BCUT2D eigenvalue weighted by atomic mass is 10.1. The Kier molecular flexibility index (Phi) is 10.2. The average Bonchev–Trinajstić information content (AvgIpc) is 3.42. The highest BCUT2D eigenvalue weighted by Crippen LogP contribution is 2.33. The molecule has 1 saturated heterocycles. The van der Waals surface area contributed by atoms with Crippen molar-refractivity contribution in [2.45, 2.75) is 36.2 Å². The van der Waals surface area contributed by atoms with Crippen molar-refractivity contribution in [3.8, 4) is 0 Å². The van der Waals surface area contributed by atoms with Gasteiger partial charge < -0.3 is 19.7 Å². The minimum absolute atomic E-state index is 0.0312. The number of aryl methyl sites for hydroxylation is 1. The number of halogens is 3. The average molecular weight is 595 g/mol. The number of hydrogen-bond acceptors (Lipinski definition) is 10. The second kappa shape index (κ2) is 13.8. The summed E-state index contributed by atoms with van der Waals surface area (Å²) >= 11 is 3.08. The van der Waals surface area contributed by atoms with E-state index in [1.165, 1.54) is 23.9 Å². The van der Waals surface area contributed by atoms with Crippen molar-refractivity contribution < 1.29 is 27.4 Å². The molecule has 2 N–H and O–H groups in total. The largest absolute Gasteiger partial charge is 0.445 e. The summed E-state index contributed by atoms with van der Waals surface area (Å²) in [4.78, 5) is 18.8. The van der Waals surface area contributed by atoms with Gasteiger partial charge in [0, 0.05) is 42.8 Å². The first kappa shape index (κ1) is 29.6. The second-order valence-electron chi connectivity index (χ2n) is 8.69. The van der Waals surface area contributed by atoms with Gasteiger partial charge in [-0.3, -0.25) is 5.32 Å². The zero-order valence-corrected chi connectivity index (χ0v) is 23.4. The highest BCUT2D eigenvalue weighted by atomic mass is 32.2. The molecule has 14 heteroatoms. The van der Waals surface area contributed by atoms with Gasteiger partial charge in [-0.2, -0.15) is 13.2 Å². The highest BCUT2D eigenvalue weighted by molar-refractivity contribution is 8.00. The molecule has 1 fully saturated rings. The number of thioether (sulfide) groups is 1. The Morgan fingerprint density at radius 1 is 1.23 bits per heavy atom. The van der Waals surface area contributed by atoms with Crippen LogP contribution in [0, 0.1) is 0 Å². The number of amides is 1. The van der Waals surface area contributed by atoms with Crippen LogP contribution in [-0.4, -0.2) is 54.2 Å². The molecule has 4 rings (SSSR count). The van der Waals surface area contributed by atoms with E-state index in [0.717, 1.165) is 52.4 Å². The van der Waals surface area contributed by atoms with Gasteiger partial charge in [-0.1, -0.05) is 42.7 Å². The second-order valence-corrected chi connectivity index (χ2v) is 11.0. The van der Waals surface area contributed by atoms with Crippen molar-refractivity contribution >= 4 is 46.4 Å². The van der Waals surface area contributed by atoms with Crippen LogP contribution in [0.5, 0.6) is 0 Å². The summed E-state index contributed by atoms with van der Waals surface area (Å²) in [6, 6.07) is 7.24. The molecule has 9 nitrogen and oxygen atoms in total. The van der Waals surface area contributed by atoms with E-state index in [0.29, 0.717) is 30.3 Å². The molecule has 0 unspecified atom stereocenters. The van der Waals surface area contributed by atoms with Gasteiger partial charge in [0.05, 0.1) is 24.5 Å². The molecular formula is C26H29F3N6O3S2. The Bertz CT molecular complexity index is 1320. The first-order valence-electron chi connectivity index (χ1n) is 12.5. The van der Waals surface area contributed by atoms with Crippen LogP contribution in [0.25, 0.3) is 0 Å². The number of pyridine rings is 1. The molecule has 40 heavy (non-hydrogen) atoms. The number of nitrogens with one attached hydrogen (secondary N) is 2. The Balaban J connectivity index is 1.54. The van der Waals surface area contributed by atoms with Gasteiger partial charge in [-0.05, 0) is 36.2 Å². The maximum atomic E-state index is 13.6. The van der Waals surface area contributed by atoms with Gasteiger partial charge in [-0.15, -0.1) is 10.2 Å². The number of anilines is 3. The molecule has 3 aromatic rings. The number of aromatic nitrogens is 3. The van der Waals surface area contributed by atoms with Crippen LogP contribution in [0.2, 0.25) is 0 Å². The number of benzene rings is 1. The van der Waals surface area contributed by atoms with Gasteiger partial charge in [0.25, 0.3) is 0 Å². The van der Waals surface area contributed by atoms with Gasteiger partial charge in [0.15, 0.2) is 4.34 Å². The summed E-state index contributed by atoms with van der Waals surface area (Å²) in [6.45, 7) is 8.10. The number of nitrogens with zero attached hydrogens (tertiary/aromatic N) is 4. The van der Waals surface area contributed by atoms with E-state index < -0.39 is 17.8 Å². The monoisotopic (exact) mass is 594 g/mol. The lowest BCUT2D eigenvalue weighted by molar-refractivity contribution is -0.137. The number of carbonyl (C=O) groups excluding carboxylic acids is 1. The topological polar surface area (TPSA) is 102 Å². The van der Waals surface area contributed by atoms with Gasteiger partial charge in [0.1, 0.15) is 17.4 Å². The number of rotatable bonds is 11. The lowest BCUT2D eigenvalue weighted by Crippen LogP contribution is -2.36. The van der Waals surface area contributed by atoms with E-state index in [4.69, 9.17) is 14.5 Å². The van der Waals surface area contributed by atoms with E-state index in [2.05, 4.69) is 32.3 Å². The zero-order chi connectivity index (χ0) is 28.5. The summed E-state index contributed by atoms with van der Waals surface area (Å²) < 4.78 is 51.9. The molecule has 1 amide bonds. The molecule has 1 aromatic carbocycles. The zero-order valence-electron chi connectivity index (χ0n) is 21.8. The molecule has 0 bridgehead atoms. The quantitative estimate of drug-likeness (QED) is 0.205. The molecule has 214 valence electrons. The van der Waals surface area contributed by atoms with Crippen molar-refractivity contribution in [1.29, 1.82) is 0 Å². The molecule has 2 aromatic heterocycles. The summed E-state index contributed by atoms with van der Waals surface area (Å²) in [5.41, 5.74) is 1.13. The Labute approximate surface area is 238 Å². The molecule has 0 saturated carbocycles. The molecular weight excluding hydrogens is 565 g/mol. The van der Waals surface area contributed by atoms with Crippen molar-refractivity contribution in [1.82, 2.24) is 15.2 Å². The van der Waals surface area contributed by atoms with Crippen LogP contribution in [-0.2, 0) is 34.4 Å². The minimum atomic E-state index is -4.60. The summed E-state index contributed by atoms with van der Waals surface area (Å²) in [7, 11) is 0. The first-order valence-corrected chi connectivity index (χ1v) is 14.3. The summed E-state index contributed by atoms with van der Waals surface area (Å²) in [5, 5.41) is 14.8. The smallest absolute Gasteiger partial charge is 0.416 e. The molecule has 0 aliphatic carbocycles. The van der Waals surface area contributed by atoms with Gasteiger partial charge in [0.2, 0.25) is 0 Å². The van der Waals surface area contributed by atoms with E-state index in [1.807, 2.05) is 19.1 Å². The van der Waals surface area contributed by atoms with Crippen molar-refractivity contribution in [2.24, 2.45) is 0 Å². The number of morpholine rings is 1. The van der Waals surface area contributed by atoms with Crippen molar-refractivity contribution in [3.63, 3.8) is 0 Å². The number of alkyl halides is 3. The van der Waals surface area contributed by atoms with E-state index in [-0.39, 0.29) is 18.8 Å². The maximum absolute atomic E-state index is 13.6. The molecule has 1 aliphatic rings. The molecule has 0 spiro atoms. The fourth-order valence-electron chi connectivity index (χ4n) is 3.83. The predicted molar refractivity (Wildman–Crippen MR) is 150 cm³/mol. The first-order chi connectivity index (χ1) is 19.2. The minimum Gasteiger partial charge on any atom is -0.445 e. The number of ether oxygens (including phenoxy) is 2. The maximum Gasteiger partial charge on any atom is 0.416 e. The Morgan fingerprint density at radius 3 is 2.73 bits per heavy atom. The van der Waals surface area contributed by atoms with Gasteiger partial charge >= 0.3 is 12.3 Å². The fraction of sp³-hybridized carbons (Fsp3) is 0.385. The molecule has 0 atom stereocenters. The van der Waals surface area contributed by atoms with E-state index in [1.54, 1.807) is 11.3 Å². The normalized spacial score (nSPS) is 13.7. The Hall–Kier alpha value is -3.36. The Morgan fingerprint density at radius 2 is 2.02 bits per heavy atom. The van der Waals surface area contributed by atoms with Crippen LogP contribution in [0.4, 0.5) is 35.2 Å². The molecule has 1 aliphatic heterocycles. The van der Waals surface area contributed by atoms with Gasteiger partial charge in [-0.25, -0.2) is 9.78 Å². The van der Waals surface area contributed by atoms with E-state index in [9.17, 15) is 18.0 Å². The standard InChI is InChI=1S/C26H29F3N6O3S2/c1-3-7-38-24(36)32-19-11-17(10-18(12-19)26(27,28)29)15-30-22-14-21(35-5-8-37-9-6-35)13-20(31-22)16-39-25-34-33-23(4-2)40-25/h3,10-14H,1,4-9,15-16H2,2H3,(H,30,31)(H,32,36). The van der Waals surface area contributed by atoms with Crippen LogP contribution >= 0.6 is 23.1 Å². The van der Waals surface area contributed by atoms with Crippen LogP contribution in [0.3, 0.4) is 0 Å².